The van der Waals surface area contributed by atoms with E-state index in [2.05, 4.69) is 4.90 Å². The molecule has 1 amide bonds. The number of carbonyl (C=O) groups excluding carboxylic acids is 1. The Morgan fingerprint density at radius 1 is 1.28 bits per heavy atom. The van der Waals surface area contributed by atoms with Crippen LogP contribution in [0.4, 0.5) is 10.5 Å². The highest BCUT2D eigenvalue weighted by Crippen LogP contribution is 2.26. The number of ether oxygens (including phenoxy) is 1. The molecule has 0 N–H and O–H groups in total. The van der Waals surface area contributed by atoms with Crippen molar-refractivity contribution in [3.05, 3.63) is 29.3 Å². The van der Waals surface area contributed by atoms with Gasteiger partial charge in [0, 0.05) is 26.2 Å². The molecule has 0 saturated carbocycles. The van der Waals surface area contributed by atoms with Crippen LogP contribution in [0.5, 0.6) is 0 Å². The smallest absolute Gasteiger partial charge is 0.409 e. The third-order valence-corrected chi connectivity index (χ3v) is 3.32. The maximum absolute atomic E-state index is 11.6. The van der Waals surface area contributed by atoms with Gasteiger partial charge in [-0.3, -0.25) is 0 Å². The van der Waals surface area contributed by atoms with E-state index in [9.17, 15) is 4.79 Å². The van der Waals surface area contributed by atoms with Gasteiger partial charge in [0.2, 0.25) is 0 Å². The SMILES string of the molecule is CCOC(=O)N1CCN(c2ccccc2Cl)CC1. The Morgan fingerprint density at radius 2 is 1.94 bits per heavy atom. The molecular formula is C13H17ClN2O2. The van der Waals surface area contributed by atoms with Crippen LogP contribution in [0.1, 0.15) is 6.92 Å². The average Bonchev–Trinajstić information content (AvgIpc) is 2.40. The van der Waals surface area contributed by atoms with E-state index in [1.165, 1.54) is 0 Å². The highest BCUT2D eigenvalue weighted by atomic mass is 35.5. The van der Waals surface area contributed by atoms with Gasteiger partial charge in [-0.1, -0.05) is 23.7 Å². The summed E-state index contributed by atoms with van der Waals surface area (Å²) in [6, 6.07) is 7.77. The summed E-state index contributed by atoms with van der Waals surface area (Å²) in [6.07, 6.45) is -0.226. The second-order valence-electron chi connectivity index (χ2n) is 4.12. The predicted molar refractivity (Wildman–Crippen MR) is 72.3 cm³/mol. The van der Waals surface area contributed by atoms with E-state index >= 15 is 0 Å². The highest BCUT2D eigenvalue weighted by molar-refractivity contribution is 6.33. The number of rotatable bonds is 2. The number of benzene rings is 1. The molecule has 4 nitrogen and oxygen atoms in total. The molecule has 1 fully saturated rings. The summed E-state index contributed by atoms with van der Waals surface area (Å²) in [5.74, 6) is 0. The fraction of sp³-hybridized carbons (Fsp3) is 0.462. The topological polar surface area (TPSA) is 32.8 Å². The number of piperazine rings is 1. The lowest BCUT2D eigenvalue weighted by atomic mass is 10.2. The van der Waals surface area contributed by atoms with Gasteiger partial charge in [-0.2, -0.15) is 0 Å². The molecular weight excluding hydrogens is 252 g/mol. The van der Waals surface area contributed by atoms with Gasteiger partial charge in [-0.25, -0.2) is 4.79 Å². The monoisotopic (exact) mass is 268 g/mol. The van der Waals surface area contributed by atoms with Crippen LogP contribution < -0.4 is 4.90 Å². The van der Waals surface area contributed by atoms with Crippen molar-refractivity contribution in [2.24, 2.45) is 0 Å². The van der Waals surface area contributed by atoms with Crippen LogP contribution in [0.25, 0.3) is 0 Å². The molecule has 0 atom stereocenters. The Hall–Kier alpha value is -1.42. The largest absolute Gasteiger partial charge is 0.450 e. The fourth-order valence-electron chi connectivity index (χ4n) is 2.05. The normalized spacial score (nSPS) is 15.7. The number of para-hydroxylation sites is 1. The summed E-state index contributed by atoms with van der Waals surface area (Å²) in [7, 11) is 0. The van der Waals surface area contributed by atoms with Crippen LogP contribution in [0, 0.1) is 0 Å². The third kappa shape index (κ3) is 2.88. The van der Waals surface area contributed by atoms with Crippen molar-refractivity contribution < 1.29 is 9.53 Å². The first-order valence-corrected chi connectivity index (χ1v) is 6.51. The summed E-state index contributed by atoms with van der Waals surface area (Å²) in [6.45, 7) is 5.14. The first-order chi connectivity index (χ1) is 8.72. The number of hydrogen-bond donors (Lipinski definition) is 0. The molecule has 0 spiro atoms. The number of hydrogen-bond acceptors (Lipinski definition) is 3. The van der Waals surface area contributed by atoms with E-state index in [0.717, 1.165) is 23.8 Å². The molecule has 1 aliphatic rings. The third-order valence-electron chi connectivity index (χ3n) is 3.00. The van der Waals surface area contributed by atoms with Crippen molar-refractivity contribution in [1.29, 1.82) is 0 Å². The van der Waals surface area contributed by atoms with Crippen molar-refractivity contribution >= 4 is 23.4 Å². The average molecular weight is 269 g/mol. The minimum absolute atomic E-state index is 0.226. The lowest BCUT2D eigenvalue weighted by molar-refractivity contribution is 0.105. The van der Waals surface area contributed by atoms with Crippen LogP contribution in [0.3, 0.4) is 0 Å². The molecule has 5 heteroatoms. The van der Waals surface area contributed by atoms with E-state index in [1.54, 1.807) is 4.90 Å². The first-order valence-electron chi connectivity index (χ1n) is 6.13. The summed E-state index contributed by atoms with van der Waals surface area (Å²) in [5, 5.41) is 0.752. The number of carbonyl (C=O) groups is 1. The van der Waals surface area contributed by atoms with E-state index in [1.807, 2.05) is 31.2 Å². The first kappa shape index (κ1) is 13.0. The molecule has 0 aliphatic carbocycles. The number of nitrogens with zero attached hydrogens (tertiary/aromatic N) is 2. The van der Waals surface area contributed by atoms with Crippen LogP contribution in [-0.2, 0) is 4.74 Å². The van der Waals surface area contributed by atoms with Gasteiger partial charge in [0.15, 0.2) is 0 Å². The van der Waals surface area contributed by atoms with Crippen LogP contribution in [0.2, 0.25) is 5.02 Å². The van der Waals surface area contributed by atoms with E-state index < -0.39 is 0 Å². The number of halogens is 1. The zero-order chi connectivity index (χ0) is 13.0. The maximum atomic E-state index is 11.6. The molecule has 1 heterocycles. The van der Waals surface area contributed by atoms with Gasteiger partial charge in [-0.15, -0.1) is 0 Å². The second-order valence-corrected chi connectivity index (χ2v) is 4.53. The lowest BCUT2D eigenvalue weighted by Gasteiger charge is -2.35. The van der Waals surface area contributed by atoms with Crippen molar-refractivity contribution in [1.82, 2.24) is 4.90 Å². The van der Waals surface area contributed by atoms with Gasteiger partial charge in [0.1, 0.15) is 0 Å². The number of amides is 1. The minimum Gasteiger partial charge on any atom is -0.450 e. The molecule has 1 saturated heterocycles. The van der Waals surface area contributed by atoms with Crippen LogP contribution >= 0.6 is 11.6 Å². The standard InChI is InChI=1S/C13H17ClN2O2/c1-2-18-13(17)16-9-7-15(8-10-16)12-6-4-3-5-11(12)14/h3-6H,2,7-10H2,1H3. The summed E-state index contributed by atoms with van der Waals surface area (Å²) in [4.78, 5) is 15.5. The molecule has 98 valence electrons. The van der Waals surface area contributed by atoms with E-state index in [-0.39, 0.29) is 6.09 Å². The van der Waals surface area contributed by atoms with Gasteiger partial charge in [0.05, 0.1) is 17.3 Å². The summed E-state index contributed by atoms with van der Waals surface area (Å²) < 4.78 is 4.99. The molecule has 0 bridgehead atoms. The maximum Gasteiger partial charge on any atom is 0.409 e. The summed E-state index contributed by atoms with van der Waals surface area (Å²) >= 11 is 6.16. The Bertz CT molecular complexity index is 417. The quantitative estimate of drug-likeness (QED) is 0.827. The van der Waals surface area contributed by atoms with E-state index in [4.69, 9.17) is 16.3 Å². The molecule has 0 radical (unpaired) electrons. The highest BCUT2D eigenvalue weighted by Gasteiger charge is 2.22. The van der Waals surface area contributed by atoms with Gasteiger partial charge in [0.25, 0.3) is 0 Å². The van der Waals surface area contributed by atoms with Crippen molar-refractivity contribution in [2.75, 3.05) is 37.7 Å². The zero-order valence-corrected chi connectivity index (χ0v) is 11.2. The van der Waals surface area contributed by atoms with Crippen molar-refractivity contribution in [3.8, 4) is 0 Å². The molecule has 1 aromatic carbocycles. The van der Waals surface area contributed by atoms with Crippen LogP contribution in [-0.4, -0.2) is 43.8 Å². The van der Waals surface area contributed by atoms with Crippen LogP contribution in [0.15, 0.2) is 24.3 Å². The molecule has 1 aromatic rings. The Morgan fingerprint density at radius 3 is 2.56 bits per heavy atom. The van der Waals surface area contributed by atoms with Gasteiger partial charge >= 0.3 is 6.09 Å². The fourth-order valence-corrected chi connectivity index (χ4v) is 2.31. The van der Waals surface area contributed by atoms with Crippen molar-refractivity contribution in [2.45, 2.75) is 6.92 Å². The van der Waals surface area contributed by atoms with Gasteiger partial charge in [-0.05, 0) is 19.1 Å². The lowest BCUT2D eigenvalue weighted by Crippen LogP contribution is -2.49. The summed E-state index contributed by atoms with van der Waals surface area (Å²) in [5.41, 5.74) is 1.03. The predicted octanol–water partition coefficient (Wildman–Crippen LogP) is 2.62. The van der Waals surface area contributed by atoms with Gasteiger partial charge < -0.3 is 14.5 Å². The molecule has 0 unspecified atom stereocenters. The Labute approximate surface area is 112 Å². The molecule has 0 aromatic heterocycles. The molecule has 2 rings (SSSR count). The minimum atomic E-state index is -0.226. The second kappa shape index (κ2) is 5.96. The number of anilines is 1. The Kier molecular flexibility index (Phi) is 4.31. The van der Waals surface area contributed by atoms with Crippen molar-refractivity contribution in [3.63, 3.8) is 0 Å². The molecule has 18 heavy (non-hydrogen) atoms. The molecule has 1 aliphatic heterocycles. The Balaban J connectivity index is 1.95. The van der Waals surface area contributed by atoms with E-state index in [0.29, 0.717) is 19.7 Å². The zero-order valence-electron chi connectivity index (χ0n) is 10.4.